The van der Waals surface area contributed by atoms with Crippen LogP contribution in [0.15, 0.2) is 18.2 Å². The molecule has 0 aromatic heterocycles. The van der Waals surface area contributed by atoms with E-state index in [0.717, 1.165) is 24.6 Å². The van der Waals surface area contributed by atoms with Gasteiger partial charge in [0.2, 0.25) is 0 Å². The van der Waals surface area contributed by atoms with Crippen LogP contribution in [0.25, 0.3) is 0 Å². The molecule has 1 fully saturated rings. The molecule has 152 valence electrons. The summed E-state index contributed by atoms with van der Waals surface area (Å²) in [5.41, 5.74) is 1.16. The van der Waals surface area contributed by atoms with Crippen LogP contribution in [-0.2, 0) is 11.3 Å². The summed E-state index contributed by atoms with van der Waals surface area (Å²) in [6, 6.07) is 5.94. The molecule has 1 aliphatic rings. The highest BCUT2D eigenvalue weighted by molar-refractivity contribution is 5.80. The quantitative estimate of drug-likeness (QED) is 0.716. The number of nitrogens with one attached hydrogen (secondary N) is 1. The first-order chi connectivity index (χ1) is 12.9. The van der Waals surface area contributed by atoms with E-state index in [2.05, 4.69) is 17.3 Å². The van der Waals surface area contributed by atoms with Gasteiger partial charge in [-0.25, -0.2) is 0 Å². The fourth-order valence-electron chi connectivity index (χ4n) is 3.32. The van der Waals surface area contributed by atoms with Crippen LogP contribution in [0.5, 0.6) is 11.5 Å². The molecular weight excluding hydrogens is 342 g/mol. The van der Waals surface area contributed by atoms with Crippen molar-refractivity contribution in [1.29, 1.82) is 0 Å². The fraction of sp³-hybridized carbons (Fsp3) is 0.667. The minimum absolute atomic E-state index is 0.0682. The van der Waals surface area contributed by atoms with E-state index in [1.165, 1.54) is 30.8 Å². The Hall–Kier alpha value is -1.79. The number of nitrogens with zero attached hydrogens (tertiary/aromatic N) is 2. The third kappa shape index (κ3) is 6.70. The fourth-order valence-corrected chi connectivity index (χ4v) is 3.32. The van der Waals surface area contributed by atoms with Crippen molar-refractivity contribution in [2.45, 2.75) is 39.3 Å². The van der Waals surface area contributed by atoms with Crippen molar-refractivity contribution in [3.8, 4) is 11.5 Å². The third-order valence-electron chi connectivity index (χ3n) is 5.00. The third-order valence-corrected chi connectivity index (χ3v) is 5.00. The molecule has 0 radical (unpaired) electrons. The second-order valence-electron chi connectivity index (χ2n) is 7.58. The summed E-state index contributed by atoms with van der Waals surface area (Å²) in [4.78, 5) is 16.0. The topological polar surface area (TPSA) is 54.0 Å². The lowest BCUT2D eigenvalue weighted by molar-refractivity contribution is -0.135. The number of rotatable bonds is 9. The molecule has 1 atom stereocenters. The summed E-state index contributed by atoms with van der Waals surface area (Å²) in [6.07, 6.45) is 1.98. The minimum Gasteiger partial charge on any atom is -0.490 e. The number of likely N-dealkylation sites (tertiary alicyclic amines) is 1. The normalized spacial score (nSPS) is 16.8. The zero-order valence-corrected chi connectivity index (χ0v) is 17.5. The molecule has 0 spiro atoms. The lowest BCUT2D eigenvalue weighted by Crippen LogP contribution is -2.35. The van der Waals surface area contributed by atoms with Crippen LogP contribution in [0.4, 0.5) is 0 Å². The van der Waals surface area contributed by atoms with Crippen molar-refractivity contribution in [3.63, 3.8) is 0 Å². The first kappa shape index (κ1) is 21.5. The van der Waals surface area contributed by atoms with Gasteiger partial charge in [-0.3, -0.25) is 4.79 Å². The predicted molar refractivity (Wildman–Crippen MR) is 108 cm³/mol. The number of benzene rings is 1. The molecular formula is C21H35N3O3. The van der Waals surface area contributed by atoms with Gasteiger partial charge in [-0.2, -0.15) is 0 Å². The van der Waals surface area contributed by atoms with Crippen LogP contribution < -0.4 is 14.8 Å². The highest BCUT2D eigenvalue weighted by Gasteiger charge is 2.19. The molecule has 6 heteroatoms. The molecule has 1 unspecified atom stereocenters. The van der Waals surface area contributed by atoms with Crippen LogP contribution in [0, 0.1) is 5.92 Å². The summed E-state index contributed by atoms with van der Waals surface area (Å²) in [7, 11) is 5.64. The lowest BCUT2D eigenvalue weighted by atomic mass is 9.97. The molecule has 2 rings (SSSR count). The average molecular weight is 378 g/mol. The molecule has 1 saturated heterocycles. The summed E-state index contributed by atoms with van der Waals surface area (Å²) in [5.74, 6) is 1.99. The summed E-state index contributed by atoms with van der Waals surface area (Å²) in [5, 5.41) is 3.57. The highest BCUT2D eigenvalue weighted by Crippen LogP contribution is 2.29. The van der Waals surface area contributed by atoms with Gasteiger partial charge in [-0.05, 0) is 77.0 Å². The summed E-state index contributed by atoms with van der Waals surface area (Å²) < 4.78 is 11.6. The molecule has 1 amide bonds. The Bertz CT molecular complexity index is 598. The van der Waals surface area contributed by atoms with Gasteiger partial charge >= 0.3 is 0 Å². The minimum atomic E-state index is -0.549. The van der Waals surface area contributed by atoms with Gasteiger partial charge < -0.3 is 24.6 Å². The Morgan fingerprint density at radius 3 is 2.63 bits per heavy atom. The second kappa shape index (κ2) is 10.5. The Labute approximate surface area is 163 Å². The van der Waals surface area contributed by atoms with E-state index in [-0.39, 0.29) is 5.91 Å². The molecule has 1 aromatic carbocycles. The van der Waals surface area contributed by atoms with Gasteiger partial charge in [0.05, 0.1) is 6.61 Å². The standard InChI is InChI=1S/C21H35N3O3/c1-6-26-20-13-18(15-22-14-17-9-11-24(5)12-10-17)7-8-19(20)27-16(2)21(25)23(3)4/h7-8,13,16-17,22H,6,9-12,14-15H2,1-5H3. The highest BCUT2D eigenvalue weighted by atomic mass is 16.5. The van der Waals surface area contributed by atoms with E-state index < -0.39 is 6.10 Å². The van der Waals surface area contributed by atoms with Crippen molar-refractivity contribution in [1.82, 2.24) is 15.1 Å². The Kier molecular flexibility index (Phi) is 8.38. The largest absolute Gasteiger partial charge is 0.490 e. The maximum absolute atomic E-state index is 12.0. The van der Waals surface area contributed by atoms with Crippen molar-refractivity contribution >= 4 is 5.91 Å². The number of carbonyl (C=O) groups excluding carboxylic acids is 1. The van der Waals surface area contributed by atoms with Crippen molar-refractivity contribution in [3.05, 3.63) is 23.8 Å². The van der Waals surface area contributed by atoms with E-state index in [9.17, 15) is 4.79 Å². The lowest BCUT2D eigenvalue weighted by Gasteiger charge is -2.29. The van der Waals surface area contributed by atoms with Gasteiger partial charge in [-0.1, -0.05) is 6.07 Å². The zero-order valence-electron chi connectivity index (χ0n) is 17.5. The maximum Gasteiger partial charge on any atom is 0.262 e. The first-order valence-electron chi connectivity index (χ1n) is 9.93. The van der Waals surface area contributed by atoms with Gasteiger partial charge in [0.1, 0.15) is 0 Å². The number of ether oxygens (including phenoxy) is 2. The van der Waals surface area contributed by atoms with Crippen LogP contribution in [0.3, 0.4) is 0 Å². The zero-order chi connectivity index (χ0) is 19.8. The van der Waals surface area contributed by atoms with Crippen molar-refractivity contribution < 1.29 is 14.3 Å². The van der Waals surface area contributed by atoms with E-state index in [0.29, 0.717) is 18.1 Å². The Morgan fingerprint density at radius 2 is 2.00 bits per heavy atom. The van der Waals surface area contributed by atoms with E-state index in [1.54, 1.807) is 21.0 Å². The van der Waals surface area contributed by atoms with Crippen LogP contribution in [0.2, 0.25) is 0 Å². The predicted octanol–water partition coefficient (Wildman–Crippen LogP) is 2.37. The molecule has 1 aromatic rings. The van der Waals surface area contributed by atoms with Gasteiger partial charge in [0.25, 0.3) is 5.91 Å². The first-order valence-corrected chi connectivity index (χ1v) is 9.93. The molecule has 0 bridgehead atoms. The van der Waals surface area contributed by atoms with Crippen LogP contribution in [-0.4, -0.2) is 69.2 Å². The number of likely N-dealkylation sites (N-methyl/N-ethyl adjacent to an activating group) is 1. The van der Waals surface area contributed by atoms with E-state index in [4.69, 9.17) is 9.47 Å². The summed E-state index contributed by atoms with van der Waals surface area (Å²) >= 11 is 0. The molecule has 1 aliphatic heterocycles. The Balaban J connectivity index is 1.92. The van der Waals surface area contributed by atoms with Crippen molar-refractivity contribution in [2.75, 3.05) is 47.4 Å². The average Bonchev–Trinajstić information content (AvgIpc) is 2.64. The molecule has 27 heavy (non-hydrogen) atoms. The molecule has 6 nitrogen and oxygen atoms in total. The second-order valence-corrected chi connectivity index (χ2v) is 7.58. The number of piperidine rings is 1. The summed E-state index contributed by atoms with van der Waals surface area (Å²) in [6.45, 7) is 8.49. The molecule has 0 saturated carbocycles. The monoisotopic (exact) mass is 377 g/mol. The van der Waals surface area contributed by atoms with Gasteiger partial charge in [0.15, 0.2) is 17.6 Å². The maximum atomic E-state index is 12.0. The van der Waals surface area contributed by atoms with E-state index in [1.807, 2.05) is 25.1 Å². The van der Waals surface area contributed by atoms with E-state index >= 15 is 0 Å². The van der Waals surface area contributed by atoms with Crippen molar-refractivity contribution in [2.24, 2.45) is 5.92 Å². The smallest absolute Gasteiger partial charge is 0.262 e. The number of amides is 1. The number of hydrogen-bond acceptors (Lipinski definition) is 5. The number of carbonyl (C=O) groups is 1. The molecule has 0 aliphatic carbocycles. The van der Waals surface area contributed by atoms with Crippen LogP contribution >= 0.6 is 0 Å². The van der Waals surface area contributed by atoms with Gasteiger partial charge in [0, 0.05) is 20.6 Å². The SMILES string of the molecule is CCOc1cc(CNCC2CCN(C)CC2)ccc1OC(C)C(=O)N(C)C. The van der Waals surface area contributed by atoms with Crippen LogP contribution in [0.1, 0.15) is 32.3 Å². The van der Waals surface area contributed by atoms with Gasteiger partial charge in [-0.15, -0.1) is 0 Å². The molecule has 1 N–H and O–H groups in total. The number of hydrogen-bond donors (Lipinski definition) is 1. The Morgan fingerprint density at radius 1 is 1.30 bits per heavy atom. The molecule has 1 heterocycles.